The Morgan fingerprint density at radius 1 is 1.17 bits per heavy atom. The molecule has 0 radical (unpaired) electrons. The van der Waals surface area contributed by atoms with E-state index in [9.17, 15) is 9.90 Å². The van der Waals surface area contributed by atoms with Crippen LogP contribution in [-0.2, 0) is 19.7 Å². The molecule has 1 amide bonds. The number of hydrogen-bond acceptors (Lipinski definition) is 4. The van der Waals surface area contributed by atoms with Crippen LogP contribution in [0.4, 0.5) is 5.69 Å². The lowest BCUT2D eigenvalue weighted by molar-refractivity contribution is -0.128. The summed E-state index contributed by atoms with van der Waals surface area (Å²) in [4.78, 5) is 15.2. The van der Waals surface area contributed by atoms with Crippen LogP contribution in [0.2, 0.25) is 0 Å². The van der Waals surface area contributed by atoms with E-state index < -0.39 is 12.0 Å². The van der Waals surface area contributed by atoms with E-state index in [0.29, 0.717) is 13.2 Å². The van der Waals surface area contributed by atoms with Crippen LogP contribution in [0.3, 0.4) is 0 Å². The smallest absolute Gasteiger partial charge is 0.234 e. The first-order chi connectivity index (χ1) is 13.8. The van der Waals surface area contributed by atoms with Gasteiger partial charge in [0.05, 0.1) is 25.2 Å². The minimum Gasteiger partial charge on any atom is -0.392 e. The fourth-order valence-electron chi connectivity index (χ4n) is 4.17. The van der Waals surface area contributed by atoms with E-state index in [-0.39, 0.29) is 24.0 Å². The van der Waals surface area contributed by atoms with Crippen molar-refractivity contribution in [1.29, 1.82) is 0 Å². The topological polar surface area (TPSA) is 59.0 Å². The first kappa shape index (κ1) is 23.8. The minimum atomic E-state index is -0.619. The molecule has 5 nitrogen and oxygen atoms in total. The number of hydrogen-bond donors (Lipinski definition) is 1. The van der Waals surface area contributed by atoms with Gasteiger partial charge in [-0.1, -0.05) is 65.2 Å². The number of nitrogens with zero attached hydrogens (tertiary/aromatic N) is 1. The van der Waals surface area contributed by atoms with E-state index in [0.717, 1.165) is 36.9 Å². The Kier molecular flexibility index (Phi) is 9.12. The monoisotopic (exact) mass is 405 g/mol. The number of aliphatic hydroxyl groups is 1. The van der Waals surface area contributed by atoms with Gasteiger partial charge in [-0.25, -0.2) is 0 Å². The van der Waals surface area contributed by atoms with E-state index >= 15 is 0 Å². The van der Waals surface area contributed by atoms with Crippen molar-refractivity contribution in [3.05, 3.63) is 29.8 Å². The molecule has 1 aliphatic rings. The largest absolute Gasteiger partial charge is 0.392 e. The minimum absolute atomic E-state index is 0.0859. The summed E-state index contributed by atoms with van der Waals surface area (Å²) in [6, 6.07) is 7.98. The van der Waals surface area contributed by atoms with Gasteiger partial charge in [-0.2, -0.15) is 0 Å². The first-order valence-corrected chi connectivity index (χ1v) is 10.9. The summed E-state index contributed by atoms with van der Waals surface area (Å²) in [5.41, 5.74) is 1.82. The lowest BCUT2D eigenvalue weighted by atomic mass is 9.80. The summed E-state index contributed by atoms with van der Waals surface area (Å²) in [6.45, 7) is 9.31. The number of anilines is 1. The van der Waals surface area contributed by atoms with Crippen molar-refractivity contribution in [2.24, 2.45) is 11.8 Å². The van der Waals surface area contributed by atoms with Crippen molar-refractivity contribution < 1.29 is 19.4 Å². The van der Waals surface area contributed by atoms with Gasteiger partial charge in [-0.05, 0) is 35.8 Å². The normalized spacial score (nSPS) is 17.7. The van der Waals surface area contributed by atoms with E-state index in [2.05, 4.69) is 26.8 Å². The number of carbonyl (C=O) groups is 1. The fraction of sp³-hybridized carbons (Fsp3) is 0.708. The molecular weight excluding hydrogens is 366 g/mol. The highest BCUT2D eigenvalue weighted by molar-refractivity contribution is 5.96. The molecular formula is C24H39NO4. The maximum atomic E-state index is 13.5. The summed E-state index contributed by atoms with van der Waals surface area (Å²) in [6.07, 6.45) is 4.89. The molecule has 1 N–H and O–H groups in total. The first-order valence-electron chi connectivity index (χ1n) is 10.9. The number of aliphatic hydroxyl groups excluding tert-OH is 1. The van der Waals surface area contributed by atoms with Crippen LogP contribution < -0.4 is 4.90 Å². The van der Waals surface area contributed by atoms with Gasteiger partial charge in [0.2, 0.25) is 5.91 Å². The molecule has 0 aliphatic heterocycles. The van der Waals surface area contributed by atoms with Crippen molar-refractivity contribution >= 4 is 11.6 Å². The highest BCUT2D eigenvalue weighted by Gasteiger charge is 2.34. The average Bonchev–Trinajstić information content (AvgIpc) is 2.72. The van der Waals surface area contributed by atoms with Crippen molar-refractivity contribution in [3.63, 3.8) is 0 Å². The van der Waals surface area contributed by atoms with Gasteiger partial charge in [0.15, 0.2) is 0 Å². The van der Waals surface area contributed by atoms with Crippen molar-refractivity contribution in [2.45, 2.75) is 71.3 Å². The molecule has 0 spiro atoms. The molecule has 1 saturated carbocycles. The number of methoxy groups -OCH3 is 1. The van der Waals surface area contributed by atoms with Crippen LogP contribution in [-0.4, -0.2) is 44.2 Å². The van der Waals surface area contributed by atoms with Gasteiger partial charge in [0.1, 0.15) is 6.73 Å². The van der Waals surface area contributed by atoms with Crippen LogP contribution in [0.15, 0.2) is 24.3 Å². The second-order valence-corrected chi connectivity index (χ2v) is 9.24. The Balaban J connectivity index is 2.26. The predicted molar refractivity (Wildman–Crippen MR) is 117 cm³/mol. The molecule has 164 valence electrons. The maximum Gasteiger partial charge on any atom is 0.234 e. The molecule has 1 aromatic carbocycles. The molecule has 1 aliphatic carbocycles. The predicted octanol–water partition coefficient (Wildman–Crippen LogP) is 4.51. The second-order valence-electron chi connectivity index (χ2n) is 9.24. The Hall–Kier alpha value is -1.43. The zero-order valence-electron chi connectivity index (χ0n) is 18.8. The molecule has 29 heavy (non-hydrogen) atoms. The van der Waals surface area contributed by atoms with Crippen LogP contribution >= 0.6 is 0 Å². The maximum absolute atomic E-state index is 13.5. The molecule has 0 saturated heterocycles. The van der Waals surface area contributed by atoms with Gasteiger partial charge >= 0.3 is 0 Å². The van der Waals surface area contributed by atoms with Crippen LogP contribution in [0.25, 0.3) is 0 Å². The van der Waals surface area contributed by atoms with Crippen LogP contribution in [0.1, 0.15) is 65.4 Å². The zero-order chi connectivity index (χ0) is 21.4. The second kappa shape index (κ2) is 11.1. The summed E-state index contributed by atoms with van der Waals surface area (Å²) in [5, 5.41) is 10.9. The Morgan fingerprint density at radius 3 is 2.45 bits per heavy atom. The lowest BCUT2D eigenvalue weighted by Gasteiger charge is -2.35. The fourth-order valence-corrected chi connectivity index (χ4v) is 4.17. The zero-order valence-corrected chi connectivity index (χ0v) is 18.8. The Bertz CT molecular complexity index is 634. The quantitative estimate of drug-likeness (QED) is 0.485. The third-order valence-electron chi connectivity index (χ3n) is 5.96. The van der Waals surface area contributed by atoms with Crippen molar-refractivity contribution in [2.75, 3.05) is 32.0 Å². The third-order valence-corrected chi connectivity index (χ3v) is 5.96. The Labute approximate surface area is 176 Å². The SMILES string of the molecule is COCCOCN(C(=O)[C@@H](C)[C@H](O)C1CCCCC1)c1ccccc1C(C)(C)C. The molecule has 0 aromatic heterocycles. The van der Waals surface area contributed by atoms with Gasteiger partial charge in [-0.3, -0.25) is 9.69 Å². The number of para-hydroxylation sites is 1. The standard InChI is InChI=1S/C24H39NO4/c1-18(22(26)19-11-7-6-8-12-19)23(27)25(17-29-16-15-28-5)21-14-10-9-13-20(21)24(2,3)4/h9-10,13-14,18-19,22,26H,6-8,11-12,15-17H2,1-5H3/t18-,22-/m0/s1. The highest BCUT2D eigenvalue weighted by atomic mass is 16.5. The van der Waals surface area contributed by atoms with E-state index in [1.165, 1.54) is 6.42 Å². The summed E-state index contributed by atoms with van der Waals surface area (Å²) in [5.74, 6) is -0.355. The third kappa shape index (κ3) is 6.53. The molecule has 1 fully saturated rings. The van der Waals surface area contributed by atoms with Gasteiger partial charge in [0.25, 0.3) is 0 Å². The van der Waals surface area contributed by atoms with E-state index in [1.54, 1.807) is 12.0 Å². The summed E-state index contributed by atoms with van der Waals surface area (Å²) in [7, 11) is 1.63. The highest BCUT2D eigenvalue weighted by Crippen LogP contribution is 2.34. The molecule has 0 unspecified atom stereocenters. The number of amides is 1. The van der Waals surface area contributed by atoms with Crippen molar-refractivity contribution in [1.82, 2.24) is 0 Å². The van der Waals surface area contributed by atoms with Gasteiger partial charge in [0, 0.05) is 12.8 Å². The molecule has 0 heterocycles. The van der Waals surface area contributed by atoms with E-state index in [4.69, 9.17) is 9.47 Å². The van der Waals surface area contributed by atoms with Gasteiger partial charge < -0.3 is 14.6 Å². The summed E-state index contributed by atoms with van der Waals surface area (Å²) < 4.78 is 10.8. The lowest BCUT2D eigenvalue weighted by Crippen LogP contribution is -2.44. The van der Waals surface area contributed by atoms with Crippen LogP contribution in [0.5, 0.6) is 0 Å². The average molecular weight is 406 g/mol. The Morgan fingerprint density at radius 2 is 1.83 bits per heavy atom. The van der Waals surface area contributed by atoms with Crippen LogP contribution in [0, 0.1) is 11.8 Å². The van der Waals surface area contributed by atoms with Gasteiger partial charge in [-0.15, -0.1) is 0 Å². The molecule has 2 atom stereocenters. The molecule has 5 heteroatoms. The molecule has 2 rings (SSSR count). The molecule has 0 bridgehead atoms. The number of benzene rings is 1. The number of ether oxygens (including phenoxy) is 2. The number of carbonyl (C=O) groups excluding carboxylic acids is 1. The number of rotatable bonds is 9. The van der Waals surface area contributed by atoms with Crippen molar-refractivity contribution in [3.8, 4) is 0 Å². The molecule has 1 aromatic rings. The summed E-state index contributed by atoms with van der Waals surface area (Å²) >= 11 is 0. The van der Waals surface area contributed by atoms with E-state index in [1.807, 2.05) is 25.1 Å².